The number of nitrogens with one attached hydrogen (secondary N) is 1. The summed E-state index contributed by atoms with van der Waals surface area (Å²) in [5.41, 5.74) is 5.69. The fourth-order valence-electron chi connectivity index (χ4n) is 9.41. The van der Waals surface area contributed by atoms with Crippen molar-refractivity contribution in [2.45, 2.75) is 272 Å². The molecule has 72 heavy (non-hydrogen) atoms. The Balaban J connectivity index is 6.21. The van der Waals surface area contributed by atoms with Gasteiger partial charge >= 0.3 is 0 Å². The van der Waals surface area contributed by atoms with Crippen molar-refractivity contribution in [2.75, 3.05) is 72.1 Å². The number of nitrogens with zero attached hydrogens (tertiary/aromatic N) is 4. The summed E-state index contributed by atoms with van der Waals surface area (Å²) in [6.07, 6.45) is 47.7. The minimum absolute atomic E-state index is 0.00234. The molecule has 0 aromatic carbocycles. The molecular weight excluding hydrogens is 901 g/mol. The lowest BCUT2D eigenvalue weighted by molar-refractivity contribution is -0.146. The van der Waals surface area contributed by atoms with Crippen molar-refractivity contribution < 1.29 is 29.1 Å². The average molecular weight is 1020 g/mol. The fourth-order valence-corrected chi connectivity index (χ4v) is 9.41. The number of hydrogen-bond donors (Lipinski definition) is 3. The van der Waals surface area contributed by atoms with Gasteiger partial charge < -0.3 is 35.8 Å². The maximum absolute atomic E-state index is 14.6. The monoisotopic (exact) mass is 1020 g/mol. The van der Waals surface area contributed by atoms with Crippen molar-refractivity contribution in [1.82, 2.24) is 24.9 Å². The highest BCUT2D eigenvalue weighted by molar-refractivity contribution is 5.91. The molecule has 0 heterocycles. The summed E-state index contributed by atoms with van der Waals surface area (Å²) in [6, 6.07) is 0. The normalized spacial score (nSPS) is 11.4. The molecule has 0 aromatic rings. The van der Waals surface area contributed by atoms with Crippen molar-refractivity contribution in [3.05, 3.63) is 12.2 Å². The molecule has 0 fully saturated rings. The number of hydrogen-bond acceptors (Lipinski definition) is 7. The highest BCUT2D eigenvalue weighted by atomic mass is 16.3. The summed E-state index contributed by atoms with van der Waals surface area (Å²) in [5.74, 6) is -1.67. The summed E-state index contributed by atoms with van der Waals surface area (Å²) in [5, 5.41) is 12.4. The maximum Gasteiger partial charge on any atom is 0.242 e. The third kappa shape index (κ3) is 43.4. The molecule has 12 heteroatoms. The van der Waals surface area contributed by atoms with Crippen LogP contribution in [0.3, 0.4) is 0 Å². The Morgan fingerprint density at radius 2 is 0.639 bits per heavy atom. The first-order valence-electron chi connectivity index (χ1n) is 30.5. The largest absolute Gasteiger partial charge is 0.395 e. The fraction of sp³-hybridized carbons (Fsp3) is 0.883. The number of primary amides is 1. The minimum atomic E-state index is -0.574. The first-order valence-corrected chi connectivity index (χ1v) is 30.5. The van der Waals surface area contributed by atoms with Gasteiger partial charge in [0.05, 0.1) is 39.3 Å². The Morgan fingerprint density at radius 3 is 0.958 bits per heavy atom. The molecule has 0 atom stereocenters. The van der Waals surface area contributed by atoms with Crippen LogP contribution in [-0.2, 0) is 24.0 Å². The van der Waals surface area contributed by atoms with Crippen LogP contribution < -0.4 is 11.1 Å². The molecule has 12 nitrogen and oxygen atoms in total. The number of allylic oxidation sites excluding steroid dienone is 1. The quantitative estimate of drug-likeness (QED) is 0.0404. The van der Waals surface area contributed by atoms with Crippen molar-refractivity contribution in [3.8, 4) is 0 Å². The van der Waals surface area contributed by atoms with Crippen molar-refractivity contribution in [2.24, 2.45) is 5.73 Å². The zero-order chi connectivity index (χ0) is 53.0. The maximum atomic E-state index is 14.6. The molecule has 0 aliphatic rings. The Bertz CT molecular complexity index is 1320. The second-order valence-corrected chi connectivity index (χ2v) is 21.0. The number of carbonyl (C=O) groups is 5. The Morgan fingerprint density at radius 1 is 0.361 bits per heavy atom. The molecule has 5 amide bonds. The van der Waals surface area contributed by atoms with Crippen molar-refractivity contribution in [3.63, 3.8) is 0 Å². The Hall–Kier alpha value is -2.99. The van der Waals surface area contributed by atoms with E-state index in [4.69, 9.17) is 5.73 Å². The van der Waals surface area contributed by atoms with Gasteiger partial charge in [-0.25, -0.2) is 0 Å². The van der Waals surface area contributed by atoms with E-state index in [9.17, 15) is 29.1 Å². The predicted molar refractivity (Wildman–Crippen MR) is 303 cm³/mol. The molecule has 0 bridgehead atoms. The van der Waals surface area contributed by atoms with Crippen LogP contribution in [0, 0.1) is 0 Å². The number of unbranched alkanes of at least 4 members (excludes halogenated alkanes) is 33. The summed E-state index contributed by atoms with van der Waals surface area (Å²) in [7, 11) is 0. The summed E-state index contributed by atoms with van der Waals surface area (Å²) < 4.78 is 0. The zero-order valence-corrected chi connectivity index (χ0v) is 47.7. The van der Waals surface area contributed by atoms with Crippen LogP contribution in [0.1, 0.15) is 272 Å². The first-order chi connectivity index (χ1) is 35.1. The lowest BCUT2D eigenvalue weighted by atomic mass is 10.1. The molecular formula is C60H116N6O6. The zero-order valence-electron chi connectivity index (χ0n) is 47.7. The van der Waals surface area contributed by atoms with Gasteiger partial charge in [-0.2, -0.15) is 0 Å². The highest BCUT2D eigenvalue weighted by Gasteiger charge is 2.27. The summed E-state index contributed by atoms with van der Waals surface area (Å²) in [6.45, 7) is 9.96. The highest BCUT2D eigenvalue weighted by Crippen LogP contribution is 2.16. The van der Waals surface area contributed by atoms with Gasteiger partial charge in [0.1, 0.15) is 0 Å². The van der Waals surface area contributed by atoms with Gasteiger partial charge in [-0.05, 0) is 38.5 Å². The van der Waals surface area contributed by atoms with E-state index in [1.165, 1.54) is 153 Å². The average Bonchev–Trinajstić information content (AvgIpc) is 3.36. The first kappa shape index (κ1) is 69.0. The van der Waals surface area contributed by atoms with Gasteiger partial charge in [0.15, 0.2) is 0 Å². The molecule has 422 valence electrons. The summed E-state index contributed by atoms with van der Waals surface area (Å²) >= 11 is 0. The van der Waals surface area contributed by atoms with E-state index >= 15 is 0 Å². The molecule has 0 saturated heterocycles. The van der Waals surface area contributed by atoms with Crippen LogP contribution in [0.4, 0.5) is 0 Å². The van der Waals surface area contributed by atoms with E-state index in [1.54, 1.807) is 14.7 Å². The second-order valence-electron chi connectivity index (χ2n) is 21.0. The van der Waals surface area contributed by atoms with Crippen molar-refractivity contribution >= 4 is 29.5 Å². The van der Waals surface area contributed by atoms with Crippen LogP contribution in [-0.4, -0.2) is 126 Å². The smallest absolute Gasteiger partial charge is 0.242 e. The molecule has 0 radical (unpaired) electrons. The number of nitrogens with two attached hydrogens (primary N) is 1. The van der Waals surface area contributed by atoms with Crippen LogP contribution in [0.15, 0.2) is 12.2 Å². The van der Waals surface area contributed by atoms with Gasteiger partial charge in [0.25, 0.3) is 0 Å². The van der Waals surface area contributed by atoms with E-state index in [0.29, 0.717) is 32.6 Å². The molecule has 0 unspecified atom stereocenters. The van der Waals surface area contributed by atoms with Gasteiger partial charge in [0.2, 0.25) is 29.5 Å². The third-order valence-corrected chi connectivity index (χ3v) is 14.1. The van der Waals surface area contributed by atoms with E-state index in [1.807, 2.05) is 0 Å². The SMILES string of the molecule is CCCCCCCC/C=C/CCN(CC(=O)N(CCCCCCCCCCCC)CC(=O)N(CCCCCCCCCCCC)CC(=O)N(CCCCCCCCCCCC)CC(N)=O)C(=O)CNCCO. The van der Waals surface area contributed by atoms with E-state index in [0.717, 1.165) is 89.9 Å². The number of amides is 5. The molecule has 0 aliphatic heterocycles. The minimum Gasteiger partial charge on any atom is -0.395 e. The lowest BCUT2D eigenvalue weighted by Crippen LogP contribution is -2.51. The number of rotatable bonds is 55. The second kappa shape index (κ2) is 52.9. The predicted octanol–water partition coefficient (Wildman–Crippen LogP) is 12.8. The molecule has 0 saturated carbocycles. The third-order valence-electron chi connectivity index (χ3n) is 14.1. The topological polar surface area (TPSA) is 157 Å². The van der Waals surface area contributed by atoms with Gasteiger partial charge in [0, 0.05) is 32.7 Å². The number of aliphatic hydroxyl groups excluding tert-OH is 1. The van der Waals surface area contributed by atoms with E-state index in [2.05, 4.69) is 45.2 Å². The molecule has 0 spiro atoms. The van der Waals surface area contributed by atoms with Gasteiger partial charge in [-0.3, -0.25) is 24.0 Å². The molecule has 0 rings (SSSR count). The lowest BCUT2D eigenvalue weighted by Gasteiger charge is -2.31. The standard InChI is InChI=1S/C60H116N6O6/c1-5-9-13-17-21-25-29-33-37-41-46-63(52-56(61)68)58(70)54-65(48-43-39-35-31-27-23-19-15-11-7-3)60(72)55-66(49-44-40-36-32-28-24-20-16-12-8-4)59(71)53-64(57(69)51-62-45-50-67)47-42-38-34-30-26-22-18-14-10-6-2/h34,38,62,67H,5-33,35-37,39-55H2,1-4H3,(H2,61,68)/b38-34+. The molecule has 0 aromatic heterocycles. The van der Waals surface area contributed by atoms with Crippen LogP contribution in [0.5, 0.6) is 0 Å². The number of carbonyl (C=O) groups excluding carboxylic acids is 5. The van der Waals surface area contributed by atoms with Crippen LogP contribution in [0.2, 0.25) is 0 Å². The van der Waals surface area contributed by atoms with Gasteiger partial charge in [-0.15, -0.1) is 0 Å². The Labute approximate surface area is 443 Å². The summed E-state index contributed by atoms with van der Waals surface area (Å²) in [4.78, 5) is 75.3. The number of aliphatic hydroxyl groups is 1. The van der Waals surface area contributed by atoms with Gasteiger partial charge in [-0.1, -0.05) is 245 Å². The van der Waals surface area contributed by atoms with Crippen molar-refractivity contribution in [1.29, 1.82) is 0 Å². The molecule has 0 aliphatic carbocycles. The van der Waals surface area contributed by atoms with E-state index < -0.39 is 5.91 Å². The van der Waals surface area contributed by atoms with Crippen LogP contribution >= 0.6 is 0 Å². The van der Waals surface area contributed by atoms with Crippen LogP contribution in [0.25, 0.3) is 0 Å². The Kier molecular flexibility index (Phi) is 50.7. The molecule has 4 N–H and O–H groups in total. The van der Waals surface area contributed by atoms with E-state index in [-0.39, 0.29) is 69.5 Å².